The van der Waals surface area contributed by atoms with Crippen molar-refractivity contribution < 1.29 is 8.83 Å². The molecule has 0 bridgehead atoms. The van der Waals surface area contributed by atoms with Crippen LogP contribution in [0.25, 0.3) is 111 Å². The summed E-state index contributed by atoms with van der Waals surface area (Å²) in [5, 5.41) is 4.73. The maximum Gasteiger partial charge on any atom is 0.143 e. The highest BCUT2D eigenvalue weighted by atomic mass is 16.3. The molecule has 0 unspecified atom stereocenters. The lowest BCUT2D eigenvalue weighted by Gasteiger charge is -2.31. The number of furan rings is 2. The third-order valence-electron chi connectivity index (χ3n) is 19.9. The van der Waals surface area contributed by atoms with E-state index in [0.717, 1.165) is 50.3 Å². The summed E-state index contributed by atoms with van der Waals surface area (Å²) in [7, 11) is 0. The fourth-order valence-corrected chi connectivity index (χ4v) is 15.7. The minimum Gasteiger partial charge on any atom is -0.456 e. The van der Waals surface area contributed by atoms with Crippen molar-refractivity contribution in [1.29, 1.82) is 0 Å². The predicted octanol–water partition coefficient (Wildman–Crippen LogP) is 21.5. The smallest absolute Gasteiger partial charge is 0.143 e. The van der Waals surface area contributed by atoms with Crippen LogP contribution in [0.15, 0.2) is 221 Å². The molecular formula is C78H59NO2. The van der Waals surface area contributed by atoms with Crippen molar-refractivity contribution in [2.24, 2.45) is 0 Å². The van der Waals surface area contributed by atoms with Gasteiger partial charge in [0.15, 0.2) is 0 Å². The summed E-state index contributed by atoms with van der Waals surface area (Å²) in [6, 6.07) is 79.6. The van der Waals surface area contributed by atoms with Gasteiger partial charge in [-0.1, -0.05) is 195 Å². The van der Waals surface area contributed by atoms with Crippen LogP contribution in [0.1, 0.15) is 99.9 Å². The number of para-hydroxylation sites is 3. The summed E-state index contributed by atoms with van der Waals surface area (Å²) >= 11 is 0. The zero-order valence-electron chi connectivity index (χ0n) is 47.0. The molecule has 0 radical (unpaired) electrons. The van der Waals surface area contributed by atoms with Crippen molar-refractivity contribution in [2.75, 3.05) is 4.90 Å². The molecule has 0 amide bonds. The Hall–Kier alpha value is -9.18. The van der Waals surface area contributed by atoms with Crippen molar-refractivity contribution in [2.45, 2.75) is 77.0 Å². The van der Waals surface area contributed by atoms with E-state index in [1.807, 2.05) is 0 Å². The van der Waals surface area contributed by atoms with Gasteiger partial charge in [-0.05, 0) is 173 Å². The topological polar surface area (TPSA) is 29.5 Å². The molecule has 0 saturated carbocycles. The van der Waals surface area contributed by atoms with Crippen LogP contribution in [-0.4, -0.2) is 0 Å². The van der Waals surface area contributed by atoms with E-state index >= 15 is 0 Å². The van der Waals surface area contributed by atoms with Crippen LogP contribution in [-0.2, 0) is 21.7 Å². The molecule has 0 fully saturated rings. The van der Waals surface area contributed by atoms with Crippen LogP contribution in [0.3, 0.4) is 0 Å². The van der Waals surface area contributed by atoms with Crippen LogP contribution in [0.2, 0.25) is 0 Å². The van der Waals surface area contributed by atoms with E-state index in [4.69, 9.17) is 8.83 Å². The van der Waals surface area contributed by atoms with E-state index in [2.05, 4.69) is 273 Å². The molecular weight excluding hydrogens is 983 g/mol. The zero-order chi connectivity index (χ0) is 54.6. The summed E-state index contributed by atoms with van der Waals surface area (Å²) in [5.74, 6) is 0. The second-order valence-corrected chi connectivity index (χ2v) is 25.5. The summed E-state index contributed by atoms with van der Waals surface area (Å²) in [6.07, 6.45) is 0. The van der Waals surface area contributed by atoms with Gasteiger partial charge in [0.25, 0.3) is 0 Å². The maximum absolute atomic E-state index is 7.05. The minimum atomic E-state index is -0.360. The van der Waals surface area contributed by atoms with Crippen LogP contribution in [0.5, 0.6) is 0 Å². The third kappa shape index (κ3) is 6.08. The van der Waals surface area contributed by atoms with Gasteiger partial charge in [-0.15, -0.1) is 0 Å². The maximum atomic E-state index is 7.05. The molecule has 2 aromatic heterocycles. The monoisotopic (exact) mass is 1040 g/mol. The number of fused-ring (bicyclic) bond motifs is 20. The quantitative estimate of drug-likeness (QED) is 0.172. The average molecular weight is 1040 g/mol. The van der Waals surface area contributed by atoms with E-state index in [0.29, 0.717) is 0 Å². The zero-order valence-corrected chi connectivity index (χ0v) is 47.0. The second kappa shape index (κ2) is 15.8. The summed E-state index contributed by atoms with van der Waals surface area (Å²) in [6.45, 7) is 19.2. The fraction of sp³-hybridized carbons (Fsp3) is 0.154. The highest BCUT2D eigenvalue weighted by molar-refractivity contribution is 6.19. The third-order valence-corrected chi connectivity index (χ3v) is 19.9. The molecule has 3 nitrogen and oxygen atoms in total. The highest BCUT2D eigenvalue weighted by Gasteiger charge is 2.45. The van der Waals surface area contributed by atoms with E-state index < -0.39 is 0 Å². The van der Waals surface area contributed by atoms with E-state index in [-0.39, 0.29) is 21.7 Å². The summed E-state index contributed by atoms with van der Waals surface area (Å²) < 4.78 is 13.6. The first-order chi connectivity index (χ1) is 39.2. The van der Waals surface area contributed by atoms with E-state index in [1.165, 1.54) is 122 Å². The van der Waals surface area contributed by atoms with Gasteiger partial charge in [0.1, 0.15) is 22.3 Å². The molecule has 388 valence electrons. The van der Waals surface area contributed by atoms with Crippen LogP contribution in [0.4, 0.5) is 17.1 Å². The molecule has 11 aromatic carbocycles. The average Bonchev–Trinajstić information content (AvgIpc) is 2.57. The van der Waals surface area contributed by atoms with Gasteiger partial charge in [0.05, 0.1) is 5.69 Å². The Morgan fingerprint density at radius 1 is 0.284 bits per heavy atom. The molecule has 0 aliphatic heterocycles. The Morgan fingerprint density at radius 2 is 0.790 bits per heavy atom. The van der Waals surface area contributed by atoms with Crippen molar-refractivity contribution in [3.8, 4) is 66.8 Å². The van der Waals surface area contributed by atoms with E-state index in [9.17, 15) is 0 Å². The Balaban J connectivity index is 0.840. The van der Waals surface area contributed by atoms with Gasteiger partial charge in [-0.25, -0.2) is 0 Å². The predicted molar refractivity (Wildman–Crippen MR) is 337 cm³/mol. The first kappa shape index (κ1) is 46.7. The lowest BCUT2D eigenvalue weighted by Crippen LogP contribution is -2.18. The van der Waals surface area contributed by atoms with Gasteiger partial charge < -0.3 is 13.7 Å². The fourth-order valence-electron chi connectivity index (χ4n) is 15.7. The number of anilines is 3. The molecule has 0 spiro atoms. The standard InChI is InChI=1S/C78H59NO2/c1-75(2)58-26-16-12-23-49(58)50-33-30-45(38-60(50)75)55-41-65-70(73-54-25-15-19-29-68(54)81-74(55)73)52-35-32-47(40-62(52)78(65,7)8)79(66-27-17-13-22-48(66)44-20-10-9-11-21-44)46-31-34-51-56-42-64-57(43-63(56)77(5,6)61(51)39-46)71-59(76(64,3)4)36-37-69-72(71)53-24-14-18-28-67(53)80-69/h9-43H,1-8H3. The Kier molecular flexibility index (Phi) is 9.11. The van der Waals surface area contributed by atoms with Crippen molar-refractivity contribution in [3.05, 3.63) is 257 Å². The van der Waals surface area contributed by atoms with Crippen LogP contribution >= 0.6 is 0 Å². The molecule has 17 rings (SSSR count). The molecule has 0 saturated heterocycles. The molecule has 0 N–H and O–H groups in total. The summed E-state index contributed by atoms with van der Waals surface area (Å²) in [5.41, 5.74) is 32.0. The lowest BCUT2D eigenvalue weighted by molar-refractivity contribution is 0.651. The van der Waals surface area contributed by atoms with Gasteiger partial charge in [-0.3, -0.25) is 0 Å². The molecule has 0 atom stereocenters. The van der Waals surface area contributed by atoms with Crippen molar-refractivity contribution in [3.63, 3.8) is 0 Å². The SMILES string of the molecule is CC1(C)c2ccccc2-c2ccc(-c3cc4c(c5c3oc3ccccc35)-c3ccc(N(c5ccc6c(c5)C(C)(C)c5cc7c(cc5-6)C(C)(C)c5ccc6oc8ccccc8c6c5-7)c5ccccc5-c5ccccc5)cc3C4(C)C)cc21. The molecule has 4 aliphatic rings. The Bertz CT molecular complexity index is 4940. The second-order valence-electron chi connectivity index (χ2n) is 25.5. The number of hydrogen-bond acceptors (Lipinski definition) is 3. The van der Waals surface area contributed by atoms with Crippen molar-refractivity contribution >= 4 is 60.9 Å². The Labute approximate surface area is 472 Å². The van der Waals surface area contributed by atoms with Gasteiger partial charge >= 0.3 is 0 Å². The van der Waals surface area contributed by atoms with Gasteiger partial charge in [0.2, 0.25) is 0 Å². The van der Waals surface area contributed by atoms with Crippen LogP contribution in [0, 0.1) is 0 Å². The largest absolute Gasteiger partial charge is 0.456 e. The minimum absolute atomic E-state index is 0.129. The Morgan fingerprint density at radius 3 is 1.57 bits per heavy atom. The van der Waals surface area contributed by atoms with Crippen molar-refractivity contribution in [1.82, 2.24) is 0 Å². The number of hydrogen-bond donors (Lipinski definition) is 0. The molecule has 13 aromatic rings. The normalized spacial score (nSPS) is 15.8. The first-order valence-electron chi connectivity index (χ1n) is 28.8. The molecule has 4 aliphatic carbocycles. The number of benzene rings is 11. The number of nitrogens with zero attached hydrogens (tertiary/aromatic N) is 1. The molecule has 81 heavy (non-hydrogen) atoms. The highest BCUT2D eigenvalue weighted by Crippen LogP contribution is 2.61. The molecule has 3 heteroatoms. The summed E-state index contributed by atoms with van der Waals surface area (Å²) in [4.78, 5) is 2.53. The lowest BCUT2D eigenvalue weighted by atomic mass is 9.79. The van der Waals surface area contributed by atoms with Gasteiger partial charge in [-0.2, -0.15) is 0 Å². The number of rotatable bonds is 5. The van der Waals surface area contributed by atoms with Gasteiger partial charge in [0, 0.05) is 65.7 Å². The molecule has 2 heterocycles. The van der Waals surface area contributed by atoms with Crippen LogP contribution < -0.4 is 4.90 Å². The first-order valence-corrected chi connectivity index (χ1v) is 28.8. The van der Waals surface area contributed by atoms with E-state index in [1.54, 1.807) is 0 Å².